The Labute approximate surface area is 146 Å². The van der Waals surface area contributed by atoms with Crippen LogP contribution in [0.3, 0.4) is 0 Å². The molecule has 1 saturated heterocycles. The van der Waals surface area contributed by atoms with Crippen molar-refractivity contribution in [3.8, 4) is 6.07 Å². The number of hydrogen-bond donors (Lipinski definition) is 1. The molecule has 5 rings (SSSR count). The van der Waals surface area contributed by atoms with Crippen LogP contribution < -0.4 is 4.90 Å². The minimum absolute atomic E-state index is 0.286. The first kappa shape index (κ1) is 14.7. The summed E-state index contributed by atoms with van der Waals surface area (Å²) in [5, 5.41) is 20.0. The highest BCUT2D eigenvalue weighted by molar-refractivity contribution is 5.86. The summed E-state index contributed by atoms with van der Waals surface area (Å²) in [6.45, 7) is 1.59. The van der Waals surface area contributed by atoms with Gasteiger partial charge in [0.05, 0.1) is 22.7 Å². The fraction of sp³-hybridized carbons (Fsp3) is 0.400. The first-order valence-electron chi connectivity index (χ1n) is 9.06. The molecule has 1 fully saturated rings. The minimum atomic E-state index is -0.286. The molecule has 1 aromatic carbocycles. The molecule has 0 saturated carbocycles. The number of aliphatic hydroxyl groups excluding tert-OH is 1. The smallest absolute Gasteiger partial charge is 0.157 e. The molecule has 0 radical (unpaired) electrons. The van der Waals surface area contributed by atoms with E-state index in [9.17, 15) is 10.4 Å². The lowest BCUT2D eigenvalue weighted by Crippen LogP contribution is -2.39. The average molecular weight is 332 g/mol. The van der Waals surface area contributed by atoms with Gasteiger partial charge in [0.25, 0.3) is 0 Å². The van der Waals surface area contributed by atoms with E-state index in [4.69, 9.17) is 4.98 Å². The maximum absolute atomic E-state index is 10.2. The van der Waals surface area contributed by atoms with E-state index in [0.717, 1.165) is 66.7 Å². The first-order valence-corrected chi connectivity index (χ1v) is 9.06. The van der Waals surface area contributed by atoms with E-state index in [1.165, 1.54) is 11.1 Å². The van der Waals surface area contributed by atoms with Crippen molar-refractivity contribution in [2.45, 2.75) is 38.2 Å². The normalized spacial score (nSPS) is 20.2. The van der Waals surface area contributed by atoms with Crippen molar-refractivity contribution in [3.63, 3.8) is 0 Å². The van der Waals surface area contributed by atoms with Crippen molar-refractivity contribution in [1.29, 1.82) is 5.26 Å². The molecule has 3 heterocycles. The number of rotatable bonds is 1. The number of pyridine rings is 1. The maximum Gasteiger partial charge on any atom is 0.157 e. The predicted octanol–water partition coefficient (Wildman–Crippen LogP) is 2.81. The number of benzene rings is 1. The van der Waals surface area contributed by atoms with Gasteiger partial charge in [0.2, 0.25) is 0 Å². The Hall–Kier alpha value is -2.58. The highest BCUT2D eigenvalue weighted by atomic mass is 16.3. The summed E-state index contributed by atoms with van der Waals surface area (Å²) in [5.41, 5.74) is 5.89. The highest BCUT2D eigenvalue weighted by Crippen LogP contribution is 2.38. The number of nitriles is 1. The van der Waals surface area contributed by atoms with Gasteiger partial charge in [-0.05, 0) is 55.4 Å². The molecule has 2 aliphatic rings. The third-order valence-corrected chi connectivity index (χ3v) is 5.59. The number of imidazole rings is 1. The van der Waals surface area contributed by atoms with E-state index in [1.807, 2.05) is 18.2 Å². The van der Waals surface area contributed by atoms with E-state index in [1.54, 1.807) is 0 Å². The molecule has 126 valence electrons. The van der Waals surface area contributed by atoms with Crippen LogP contribution in [0.15, 0.2) is 24.3 Å². The van der Waals surface area contributed by atoms with Gasteiger partial charge in [-0.15, -0.1) is 0 Å². The molecule has 1 unspecified atom stereocenters. The minimum Gasteiger partial charge on any atom is -0.391 e. The van der Waals surface area contributed by atoms with E-state index in [-0.39, 0.29) is 6.10 Å². The van der Waals surface area contributed by atoms with Crippen LogP contribution in [0, 0.1) is 11.3 Å². The number of para-hydroxylation sites is 2. The molecular weight excluding hydrogens is 312 g/mol. The molecule has 5 nitrogen and oxygen atoms in total. The Balaban J connectivity index is 1.90. The van der Waals surface area contributed by atoms with E-state index >= 15 is 0 Å². The molecule has 0 bridgehead atoms. The number of piperidine rings is 1. The summed E-state index contributed by atoms with van der Waals surface area (Å²) in [6, 6.07) is 10.5. The topological polar surface area (TPSA) is 64.6 Å². The van der Waals surface area contributed by atoms with Crippen molar-refractivity contribution in [2.75, 3.05) is 18.0 Å². The van der Waals surface area contributed by atoms with Crippen LogP contribution in [0.5, 0.6) is 0 Å². The van der Waals surface area contributed by atoms with E-state index < -0.39 is 0 Å². The molecule has 3 aromatic rings. The standard InChI is InChI=1S/C20H20N4O/c21-11-16-14-6-3-7-15(14)20(23-10-4-5-13(25)12-23)24-18-9-2-1-8-17(18)22-19(16)24/h1-2,8-9,13,25H,3-7,10,12H2. The van der Waals surface area contributed by atoms with Gasteiger partial charge in [0, 0.05) is 13.1 Å². The zero-order chi connectivity index (χ0) is 17.0. The lowest BCUT2D eigenvalue weighted by atomic mass is 10.0. The second-order valence-electron chi connectivity index (χ2n) is 7.12. The molecule has 5 heteroatoms. The highest BCUT2D eigenvalue weighted by Gasteiger charge is 2.30. The molecule has 1 atom stereocenters. The number of aromatic nitrogens is 2. The molecule has 0 spiro atoms. The fourth-order valence-electron chi connectivity index (χ4n) is 4.54. The second kappa shape index (κ2) is 5.47. The molecule has 2 aromatic heterocycles. The number of nitrogens with zero attached hydrogens (tertiary/aromatic N) is 4. The van der Waals surface area contributed by atoms with Crippen LogP contribution in [0.2, 0.25) is 0 Å². The van der Waals surface area contributed by atoms with Crippen molar-refractivity contribution in [2.24, 2.45) is 0 Å². The number of fused-ring (bicyclic) bond motifs is 4. The zero-order valence-electron chi connectivity index (χ0n) is 14.1. The van der Waals surface area contributed by atoms with E-state index in [2.05, 4.69) is 21.4 Å². The monoisotopic (exact) mass is 332 g/mol. The number of hydrogen-bond acceptors (Lipinski definition) is 4. The Kier molecular flexibility index (Phi) is 3.22. The summed E-state index contributed by atoms with van der Waals surface area (Å²) >= 11 is 0. The van der Waals surface area contributed by atoms with Gasteiger partial charge < -0.3 is 10.0 Å². The molecular formula is C20H20N4O. The lowest BCUT2D eigenvalue weighted by Gasteiger charge is -2.34. The van der Waals surface area contributed by atoms with Crippen molar-refractivity contribution in [3.05, 3.63) is 41.0 Å². The third kappa shape index (κ3) is 2.07. The lowest BCUT2D eigenvalue weighted by molar-refractivity contribution is 0.153. The van der Waals surface area contributed by atoms with Crippen LogP contribution in [0.4, 0.5) is 5.82 Å². The molecule has 1 aliphatic carbocycles. The summed E-state index contributed by atoms with van der Waals surface area (Å²) in [7, 11) is 0. The third-order valence-electron chi connectivity index (χ3n) is 5.59. The van der Waals surface area contributed by atoms with Crippen LogP contribution >= 0.6 is 0 Å². The molecule has 25 heavy (non-hydrogen) atoms. The van der Waals surface area contributed by atoms with Crippen LogP contribution in [-0.2, 0) is 12.8 Å². The Morgan fingerprint density at radius 1 is 1.16 bits per heavy atom. The SMILES string of the molecule is N#Cc1c2c(c(N3CCCC(O)C3)n3c1nc1ccccc13)CCC2. The van der Waals surface area contributed by atoms with Gasteiger partial charge >= 0.3 is 0 Å². The Morgan fingerprint density at radius 2 is 2.00 bits per heavy atom. The molecule has 1 aliphatic heterocycles. The number of anilines is 1. The maximum atomic E-state index is 10.2. The summed E-state index contributed by atoms with van der Waals surface area (Å²) in [4.78, 5) is 7.10. The van der Waals surface area contributed by atoms with Crippen LogP contribution in [0.1, 0.15) is 36.0 Å². The number of β-amino-alcohol motifs (C(OH)–C–C–N with tert-alkyl or cyclic N) is 1. The fourth-order valence-corrected chi connectivity index (χ4v) is 4.54. The van der Waals surface area contributed by atoms with Gasteiger partial charge in [-0.1, -0.05) is 12.1 Å². The van der Waals surface area contributed by atoms with Gasteiger partial charge in [-0.2, -0.15) is 5.26 Å². The average Bonchev–Trinajstić information content (AvgIpc) is 3.24. The van der Waals surface area contributed by atoms with Gasteiger partial charge in [0.15, 0.2) is 5.65 Å². The summed E-state index contributed by atoms with van der Waals surface area (Å²) in [6.07, 6.45) is 4.59. The second-order valence-corrected chi connectivity index (χ2v) is 7.12. The predicted molar refractivity (Wildman–Crippen MR) is 96.9 cm³/mol. The number of aliphatic hydroxyl groups is 1. The first-order chi connectivity index (χ1) is 12.3. The van der Waals surface area contributed by atoms with E-state index in [0.29, 0.717) is 6.54 Å². The molecule has 0 amide bonds. The van der Waals surface area contributed by atoms with Gasteiger partial charge in [-0.3, -0.25) is 4.40 Å². The van der Waals surface area contributed by atoms with Crippen molar-refractivity contribution < 1.29 is 5.11 Å². The van der Waals surface area contributed by atoms with Crippen LogP contribution in [-0.4, -0.2) is 33.7 Å². The van der Waals surface area contributed by atoms with Crippen molar-refractivity contribution >= 4 is 22.5 Å². The van der Waals surface area contributed by atoms with Gasteiger partial charge in [-0.25, -0.2) is 4.98 Å². The van der Waals surface area contributed by atoms with Crippen LogP contribution in [0.25, 0.3) is 16.7 Å². The van der Waals surface area contributed by atoms with Crippen molar-refractivity contribution in [1.82, 2.24) is 9.38 Å². The zero-order valence-corrected chi connectivity index (χ0v) is 14.1. The largest absolute Gasteiger partial charge is 0.391 e. The van der Waals surface area contributed by atoms with Gasteiger partial charge in [0.1, 0.15) is 11.9 Å². The summed E-state index contributed by atoms with van der Waals surface area (Å²) in [5.74, 6) is 1.15. The Morgan fingerprint density at radius 3 is 2.84 bits per heavy atom. The quantitative estimate of drug-likeness (QED) is 0.744. The summed E-state index contributed by atoms with van der Waals surface area (Å²) < 4.78 is 2.16. The molecule has 1 N–H and O–H groups in total. The Bertz CT molecular complexity index is 1030.